The van der Waals surface area contributed by atoms with Gasteiger partial charge in [-0.2, -0.15) is 13.5 Å². The van der Waals surface area contributed by atoms with Crippen LogP contribution < -0.4 is 5.48 Å². The number of hydroxylamine groups is 3. The standard InChI is InChI=1S/C13H18N4O7S.Na/c18-12(14-23-8-7-15-5-1-2-6-15)11-4-3-10-9-16(11)13(19)17(10)24-25(20,21)22;/h1-2,5-6,10-11H,3-4,7-9H2,(H,14,18)(H,20,21,22);/t10-,11+;/m1./s1. The fourth-order valence-corrected chi connectivity index (χ4v) is 3.35. The quantitative estimate of drug-likeness (QED) is 0.265. The van der Waals surface area contributed by atoms with Gasteiger partial charge in [-0.1, -0.05) is 0 Å². The van der Waals surface area contributed by atoms with Crippen LogP contribution in [0.2, 0.25) is 0 Å². The van der Waals surface area contributed by atoms with E-state index in [0.29, 0.717) is 24.4 Å². The first kappa shape index (κ1) is 21.2. The number of fused-ring (bicyclic) bond motifs is 2. The minimum Gasteiger partial charge on any atom is -0.352 e. The van der Waals surface area contributed by atoms with Crippen molar-refractivity contribution in [2.24, 2.45) is 0 Å². The first-order chi connectivity index (χ1) is 11.8. The summed E-state index contributed by atoms with van der Waals surface area (Å²) in [5, 5.41) is 0.593. The fraction of sp³-hybridized carbons (Fsp3) is 0.538. The molecule has 13 heteroatoms. The van der Waals surface area contributed by atoms with Gasteiger partial charge < -0.3 is 9.47 Å². The van der Waals surface area contributed by atoms with Crippen LogP contribution in [0.25, 0.3) is 0 Å². The molecule has 26 heavy (non-hydrogen) atoms. The van der Waals surface area contributed by atoms with Crippen LogP contribution in [0.4, 0.5) is 4.79 Å². The molecule has 2 aliphatic rings. The second-order valence-electron chi connectivity index (χ2n) is 5.75. The predicted molar refractivity (Wildman–Crippen MR) is 87.7 cm³/mol. The average molecular weight is 397 g/mol. The van der Waals surface area contributed by atoms with E-state index in [9.17, 15) is 18.0 Å². The van der Waals surface area contributed by atoms with Gasteiger partial charge in [0.15, 0.2) is 0 Å². The van der Waals surface area contributed by atoms with Crippen LogP contribution in [0.15, 0.2) is 24.5 Å². The predicted octanol–water partition coefficient (Wildman–Crippen LogP) is -0.842. The summed E-state index contributed by atoms with van der Waals surface area (Å²) in [5.41, 5.74) is 2.31. The minimum atomic E-state index is -4.81. The van der Waals surface area contributed by atoms with E-state index in [2.05, 4.69) is 9.76 Å². The number of nitrogens with zero attached hydrogens (tertiary/aromatic N) is 3. The van der Waals surface area contributed by atoms with E-state index in [1.165, 1.54) is 4.90 Å². The summed E-state index contributed by atoms with van der Waals surface area (Å²) in [5.74, 6) is -0.493. The van der Waals surface area contributed by atoms with E-state index in [4.69, 9.17) is 9.39 Å². The van der Waals surface area contributed by atoms with Crippen LogP contribution in [0, 0.1) is 0 Å². The maximum absolute atomic E-state index is 12.2. The van der Waals surface area contributed by atoms with Crippen molar-refractivity contribution in [1.29, 1.82) is 0 Å². The number of rotatable bonds is 7. The van der Waals surface area contributed by atoms with Crippen LogP contribution in [-0.2, 0) is 30.9 Å². The van der Waals surface area contributed by atoms with E-state index >= 15 is 0 Å². The van der Waals surface area contributed by atoms with Gasteiger partial charge in [0, 0.05) is 55.0 Å². The van der Waals surface area contributed by atoms with Crippen molar-refractivity contribution < 1.29 is 31.7 Å². The SMILES string of the molecule is O=C(NOCCn1cccc1)[C@@H]1CC[C@@H]2CN1C(=O)N2OS(=O)(=O)O.[Na]. The molecule has 0 aliphatic carbocycles. The molecule has 2 saturated heterocycles. The number of carbonyl (C=O) groups is 2. The van der Waals surface area contributed by atoms with Gasteiger partial charge in [-0.05, 0) is 25.0 Å². The van der Waals surface area contributed by atoms with Gasteiger partial charge in [0.05, 0.1) is 12.6 Å². The Hall–Kier alpha value is -1.15. The van der Waals surface area contributed by atoms with Crippen LogP contribution >= 0.6 is 0 Å². The second kappa shape index (κ2) is 8.69. The number of urea groups is 1. The van der Waals surface area contributed by atoms with Gasteiger partial charge in [0.25, 0.3) is 5.91 Å². The number of amides is 3. The van der Waals surface area contributed by atoms with Crippen molar-refractivity contribution in [1.82, 2.24) is 20.0 Å². The molecule has 2 fully saturated rings. The van der Waals surface area contributed by atoms with Crippen molar-refractivity contribution in [3.8, 4) is 0 Å². The monoisotopic (exact) mass is 397 g/mol. The third kappa shape index (κ3) is 4.97. The summed E-state index contributed by atoms with van der Waals surface area (Å²) in [7, 11) is -4.81. The Labute approximate surface area is 172 Å². The third-order valence-electron chi connectivity index (χ3n) is 4.09. The van der Waals surface area contributed by atoms with Crippen molar-refractivity contribution in [3.05, 3.63) is 24.5 Å². The van der Waals surface area contributed by atoms with Crippen molar-refractivity contribution in [2.45, 2.75) is 31.5 Å². The smallest absolute Gasteiger partial charge is 0.352 e. The Morgan fingerprint density at radius 2 is 2.00 bits per heavy atom. The van der Waals surface area contributed by atoms with E-state index in [0.717, 1.165) is 0 Å². The summed E-state index contributed by atoms with van der Waals surface area (Å²) in [6.45, 7) is 0.941. The minimum absolute atomic E-state index is 0. The van der Waals surface area contributed by atoms with Gasteiger partial charge in [-0.15, -0.1) is 4.28 Å². The number of aromatic nitrogens is 1. The average Bonchev–Trinajstić information content (AvgIpc) is 3.14. The van der Waals surface area contributed by atoms with Gasteiger partial charge in [0.2, 0.25) is 0 Å². The molecule has 3 heterocycles. The Kier molecular flexibility index (Phi) is 7.07. The zero-order chi connectivity index (χ0) is 18.0. The first-order valence-electron chi connectivity index (χ1n) is 7.64. The maximum atomic E-state index is 12.2. The molecular formula is C13H18N4NaO7S. The molecule has 0 unspecified atom stereocenters. The summed E-state index contributed by atoms with van der Waals surface area (Å²) >= 11 is 0. The summed E-state index contributed by atoms with van der Waals surface area (Å²) in [4.78, 5) is 30.7. The van der Waals surface area contributed by atoms with E-state index in [1.54, 1.807) is 0 Å². The van der Waals surface area contributed by atoms with Crippen LogP contribution in [0.3, 0.4) is 0 Å². The molecule has 0 saturated carbocycles. The molecule has 1 aromatic rings. The van der Waals surface area contributed by atoms with Gasteiger partial charge in [-0.25, -0.2) is 10.3 Å². The molecule has 0 aromatic carbocycles. The van der Waals surface area contributed by atoms with E-state index in [-0.39, 0.29) is 42.7 Å². The van der Waals surface area contributed by atoms with Crippen molar-refractivity contribution >= 4 is 51.9 Å². The topological polar surface area (TPSA) is 130 Å². The third-order valence-corrected chi connectivity index (χ3v) is 4.44. The Morgan fingerprint density at radius 1 is 1.31 bits per heavy atom. The first-order valence-corrected chi connectivity index (χ1v) is 9.01. The second-order valence-corrected chi connectivity index (χ2v) is 6.75. The Bertz CT molecular complexity index is 742. The summed E-state index contributed by atoms with van der Waals surface area (Å²) < 4.78 is 36.6. The molecule has 3 rings (SSSR count). The summed E-state index contributed by atoms with van der Waals surface area (Å²) in [6, 6.07) is 1.64. The molecule has 1 radical (unpaired) electrons. The van der Waals surface area contributed by atoms with Crippen LogP contribution in [0.5, 0.6) is 0 Å². The molecule has 2 N–H and O–H groups in total. The van der Waals surface area contributed by atoms with Crippen molar-refractivity contribution in [3.63, 3.8) is 0 Å². The normalized spacial score (nSPS) is 22.3. The van der Waals surface area contributed by atoms with Gasteiger partial charge in [-0.3, -0.25) is 14.2 Å². The Morgan fingerprint density at radius 3 is 2.65 bits per heavy atom. The number of hydrogen-bond donors (Lipinski definition) is 2. The molecule has 3 amide bonds. The molecule has 11 nitrogen and oxygen atoms in total. The molecule has 2 aliphatic heterocycles. The molecule has 1 aromatic heterocycles. The van der Waals surface area contributed by atoms with Crippen molar-refractivity contribution in [2.75, 3.05) is 13.2 Å². The van der Waals surface area contributed by atoms with Crippen LogP contribution in [0.1, 0.15) is 12.8 Å². The fourth-order valence-electron chi connectivity index (χ4n) is 2.96. The maximum Gasteiger partial charge on any atom is 0.418 e. The van der Waals surface area contributed by atoms with Gasteiger partial charge in [0.1, 0.15) is 6.04 Å². The zero-order valence-electron chi connectivity index (χ0n) is 14.1. The number of piperidine rings is 1. The molecule has 0 spiro atoms. The zero-order valence-corrected chi connectivity index (χ0v) is 17.0. The summed E-state index contributed by atoms with van der Waals surface area (Å²) in [6.07, 6.45) is 4.41. The molecule has 2 bridgehead atoms. The number of hydrogen-bond acceptors (Lipinski definition) is 6. The Balaban J connectivity index is 0.00000243. The van der Waals surface area contributed by atoms with E-state index in [1.807, 2.05) is 29.1 Å². The molecule has 139 valence electrons. The van der Waals surface area contributed by atoms with Crippen LogP contribution in [-0.4, -0.2) is 94.2 Å². The van der Waals surface area contributed by atoms with E-state index < -0.39 is 34.4 Å². The number of carbonyl (C=O) groups excluding carboxylic acids is 2. The largest absolute Gasteiger partial charge is 0.418 e. The van der Waals surface area contributed by atoms with Gasteiger partial charge >= 0.3 is 16.4 Å². The molecule has 2 atom stereocenters. The number of nitrogens with one attached hydrogen (secondary N) is 1. The molecular weight excluding hydrogens is 379 g/mol.